The van der Waals surface area contributed by atoms with Gasteiger partial charge in [0.25, 0.3) is 0 Å². The van der Waals surface area contributed by atoms with E-state index in [-0.39, 0.29) is 21.2 Å². The number of hydrogen-bond donors (Lipinski definition) is 0. The monoisotopic (exact) mass is 511 g/mol. The molecule has 4 nitrogen and oxygen atoms in total. The number of aromatic nitrogens is 2. The van der Waals surface area contributed by atoms with E-state index < -0.39 is 0 Å². The molecule has 1 unspecified atom stereocenters. The summed E-state index contributed by atoms with van der Waals surface area (Å²) in [4.78, 5) is 7.56. The molecule has 2 heterocycles. The Labute approximate surface area is 188 Å². The molecule has 0 amide bonds. The number of halogens is 1. The summed E-state index contributed by atoms with van der Waals surface area (Å²) in [5.41, 5.74) is 0. The molecular formula is C23H39BIN3O-. The molecule has 4 rings (SSSR count). The van der Waals surface area contributed by atoms with Crippen molar-refractivity contribution in [1.82, 2.24) is 15.0 Å². The van der Waals surface area contributed by atoms with Gasteiger partial charge in [0.05, 0.1) is 0 Å². The molecule has 0 N–H and O–H groups in total. The third-order valence-corrected chi connectivity index (χ3v) is 10.2. The molecule has 2 saturated carbocycles. The molecule has 0 bridgehead atoms. The van der Waals surface area contributed by atoms with Gasteiger partial charge in [-0.25, -0.2) is 0 Å². The van der Waals surface area contributed by atoms with Crippen LogP contribution in [0.4, 0.5) is 0 Å². The van der Waals surface area contributed by atoms with Crippen LogP contribution in [0.15, 0.2) is 4.52 Å². The molecule has 3 fully saturated rings. The van der Waals surface area contributed by atoms with Crippen molar-refractivity contribution < 1.29 is 25.7 Å². The molecule has 3 aliphatic rings. The van der Waals surface area contributed by atoms with Crippen LogP contribution in [0.3, 0.4) is 0 Å². The minimum absolute atomic E-state index is 0.132. The molecule has 1 aromatic rings. The van der Waals surface area contributed by atoms with Gasteiger partial charge in [-0.3, -0.25) is 0 Å². The number of rotatable bonds is 4. The van der Waals surface area contributed by atoms with Crippen molar-refractivity contribution in [3.05, 3.63) is 11.7 Å². The zero-order valence-corrected chi connectivity index (χ0v) is 20.3. The van der Waals surface area contributed by atoms with Gasteiger partial charge in [-0.2, -0.15) is 0 Å². The van der Waals surface area contributed by atoms with Gasteiger partial charge in [-0.15, -0.1) is 0 Å². The molecule has 1 radical (unpaired) electrons. The predicted molar refractivity (Wildman–Crippen MR) is 115 cm³/mol. The number of nitrogens with zero attached hydrogens (tertiary/aromatic N) is 3. The fraction of sp³-hybridized carbons (Fsp3) is 0.913. The van der Waals surface area contributed by atoms with Gasteiger partial charge in [-0.1, -0.05) is 0 Å². The van der Waals surface area contributed by atoms with E-state index in [9.17, 15) is 0 Å². The molecular weight excluding hydrogens is 472 g/mol. The summed E-state index contributed by atoms with van der Waals surface area (Å²) in [7, 11) is 2.61. The van der Waals surface area contributed by atoms with Crippen molar-refractivity contribution in [2.45, 2.75) is 112 Å². The Kier molecular flexibility index (Phi) is 9.20. The van der Waals surface area contributed by atoms with Crippen molar-refractivity contribution in [2.75, 3.05) is 17.5 Å². The van der Waals surface area contributed by atoms with Crippen LogP contribution < -0.4 is 21.2 Å². The maximum atomic E-state index is 5.83. The van der Waals surface area contributed by atoms with Gasteiger partial charge < -0.3 is 0 Å². The van der Waals surface area contributed by atoms with Crippen molar-refractivity contribution in [3.8, 4) is 0 Å². The zero-order chi connectivity index (χ0) is 19.7. The van der Waals surface area contributed by atoms with Gasteiger partial charge in [0.1, 0.15) is 0 Å². The molecule has 1 saturated heterocycles. The summed E-state index contributed by atoms with van der Waals surface area (Å²) in [6.45, 7) is 2.37. The molecule has 2 aliphatic carbocycles. The van der Waals surface area contributed by atoms with E-state index in [0.717, 1.165) is 24.1 Å². The Morgan fingerprint density at radius 1 is 0.828 bits per heavy atom. The van der Waals surface area contributed by atoms with Crippen molar-refractivity contribution >= 4 is 7.41 Å². The second-order valence-electron chi connectivity index (χ2n) is 9.45. The number of alkyl halides is 2. The Morgan fingerprint density at radius 3 is 2.14 bits per heavy atom. The minimum atomic E-state index is 0.132. The van der Waals surface area contributed by atoms with E-state index in [1.54, 1.807) is 0 Å². The van der Waals surface area contributed by atoms with E-state index in [4.69, 9.17) is 9.51 Å². The summed E-state index contributed by atoms with van der Waals surface area (Å²) in [5, 5.41) is 4.44. The quantitative estimate of drug-likeness (QED) is 0.270. The van der Waals surface area contributed by atoms with E-state index in [2.05, 4.69) is 17.4 Å². The van der Waals surface area contributed by atoms with Gasteiger partial charge >= 0.3 is 189 Å². The van der Waals surface area contributed by atoms with Crippen LogP contribution in [0.25, 0.3) is 0 Å². The van der Waals surface area contributed by atoms with Crippen LogP contribution >= 0.6 is 0 Å². The molecule has 163 valence electrons. The first-order valence-electron chi connectivity index (χ1n) is 12.4. The standard InChI is InChI=1S/C23H39BIN3O/c1-2-4-10-14-20(15-11-5-3-1)24-28-17-16-25-21(18-28)23-26-22(27-29-23)19-12-8-6-7-9-13-19/h19-21H,1-18H2/q-1. The third-order valence-electron chi connectivity index (χ3n) is 7.08. The first-order valence-corrected chi connectivity index (χ1v) is 15.2. The van der Waals surface area contributed by atoms with E-state index in [0.29, 0.717) is 9.84 Å². The molecule has 1 aromatic heterocycles. The fourth-order valence-electron chi connectivity index (χ4n) is 5.28. The zero-order valence-electron chi connectivity index (χ0n) is 18.2. The third kappa shape index (κ3) is 6.95. The van der Waals surface area contributed by atoms with Crippen LogP contribution in [0.1, 0.15) is 118 Å². The molecule has 0 spiro atoms. The van der Waals surface area contributed by atoms with Crippen molar-refractivity contribution in [2.24, 2.45) is 0 Å². The molecule has 1 aliphatic heterocycles. The summed E-state index contributed by atoms with van der Waals surface area (Å²) >= 11 is 0.132. The number of hydrogen-bond acceptors (Lipinski definition) is 4. The van der Waals surface area contributed by atoms with E-state index in [1.165, 1.54) is 107 Å². The summed E-state index contributed by atoms with van der Waals surface area (Å²) < 4.78 is 7.72. The Hall–Kier alpha value is -0.105. The summed E-state index contributed by atoms with van der Waals surface area (Å²) in [6, 6.07) is 0. The molecule has 29 heavy (non-hydrogen) atoms. The Morgan fingerprint density at radius 2 is 1.45 bits per heavy atom. The second-order valence-corrected chi connectivity index (χ2v) is 12.9. The van der Waals surface area contributed by atoms with Crippen LogP contribution in [-0.2, 0) is 0 Å². The van der Waals surface area contributed by atoms with Gasteiger partial charge in [0, 0.05) is 0 Å². The Balaban J connectivity index is 1.30. The SMILES string of the molecule is [B](C1CCCCCCCCC1)N1CC[I-]C(c2nc(C3CCCCCC3)no2)C1. The summed E-state index contributed by atoms with van der Waals surface area (Å²) in [6.07, 6.45) is 20.7. The second kappa shape index (κ2) is 12.1. The molecule has 6 heteroatoms. The van der Waals surface area contributed by atoms with E-state index in [1.807, 2.05) is 0 Å². The average molecular weight is 511 g/mol. The van der Waals surface area contributed by atoms with Crippen LogP contribution in [-0.4, -0.2) is 39.9 Å². The van der Waals surface area contributed by atoms with Gasteiger partial charge in [0.15, 0.2) is 0 Å². The van der Waals surface area contributed by atoms with Crippen molar-refractivity contribution in [1.29, 1.82) is 0 Å². The normalized spacial score (nSPS) is 27.7. The predicted octanol–water partition coefficient (Wildman–Crippen LogP) is 2.89. The maximum absolute atomic E-state index is 5.83. The first kappa shape index (κ1) is 22.1. The van der Waals surface area contributed by atoms with Crippen LogP contribution in [0, 0.1) is 0 Å². The fourth-order valence-corrected chi connectivity index (χ4v) is 8.35. The summed E-state index contributed by atoms with van der Waals surface area (Å²) in [5.74, 6) is 3.30. The van der Waals surface area contributed by atoms with Gasteiger partial charge in [0.2, 0.25) is 0 Å². The van der Waals surface area contributed by atoms with Gasteiger partial charge in [-0.05, 0) is 0 Å². The molecule has 0 aromatic carbocycles. The Bertz CT molecular complexity index is 580. The van der Waals surface area contributed by atoms with Crippen LogP contribution in [0.2, 0.25) is 5.82 Å². The average Bonchev–Trinajstić information content (AvgIpc) is 3.09. The molecule has 1 atom stereocenters. The van der Waals surface area contributed by atoms with E-state index >= 15 is 0 Å². The topological polar surface area (TPSA) is 42.2 Å². The first-order chi connectivity index (χ1) is 14.4. The van der Waals surface area contributed by atoms with Crippen LogP contribution in [0.5, 0.6) is 0 Å². The van der Waals surface area contributed by atoms with Crippen molar-refractivity contribution in [3.63, 3.8) is 0 Å².